The Morgan fingerprint density at radius 3 is 2.23 bits per heavy atom. The molecule has 0 heterocycles. The van der Waals surface area contributed by atoms with Crippen LogP contribution in [0.25, 0.3) is 12.2 Å². The molecule has 3 heteroatoms. The monoisotopic (exact) mass is 298 g/mol. The first kappa shape index (κ1) is 14.6. The van der Waals surface area contributed by atoms with E-state index < -0.39 is 0 Å². The van der Waals surface area contributed by atoms with Gasteiger partial charge in [-0.25, -0.2) is 4.39 Å². The Balaban J connectivity index is 1.88. The van der Waals surface area contributed by atoms with Gasteiger partial charge in [-0.15, -0.1) is 0 Å². The highest BCUT2D eigenvalue weighted by Gasteiger charge is 2.23. The molecule has 2 N–H and O–H groups in total. The van der Waals surface area contributed by atoms with Gasteiger partial charge in [0.15, 0.2) is 0 Å². The summed E-state index contributed by atoms with van der Waals surface area (Å²) in [7, 11) is 0. The summed E-state index contributed by atoms with van der Waals surface area (Å²) >= 11 is 0. The quantitative estimate of drug-likeness (QED) is 0.777. The van der Waals surface area contributed by atoms with Crippen LogP contribution in [0.1, 0.15) is 48.3 Å². The van der Waals surface area contributed by atoms with Gasteiger partial charge in [-0.2, -0.15) is 0 Å². The van der Waals surface area contributed by atoms with Crippen LogP contribution in [0.3, 0.4) is 0 Å². The Hall–Kier alpha value is -2.29. The van der Waals surface area contributed by atoms with E-state index in [-0.39, 0.29) is 23.2 Å². The number of aromatic hydroxyl groups is 2. The highest BCUT2D eigenvalue weighted by Crippen LogP contribution is 2.43. The minimum Gasteiger partial charge on any atom is -0.507 e. The van der Waals surface area contributed by atoms with Crippen molar-refractivity contribution in [2.24, 2.45) is 0 Å². The second kappa shape index (κ2) is 6.22. The fraction of sp³-hybridized carbons (Fsp3) is 0.263. The summed E-state index contributed by atoms with van der Waals surface area (Å²) in [6.07, 6.45) is 7.61. The summed E-state index contributed by atoms with van der Waals surface area (Å²) < 4.78 is 13.6. The lowest BCUT2D eigenvalue weighted by Crippen LogP contribution is -1.94. The molecule has 0 bridgehead atoms. The van der Waals surface area contributed by atoms with Gasteiger partial charge in [0.25, 0.3) is 0 Å². The molecule has 2 nitrogen and oxygen atoms in total. The van der Waals surface area contributed by atoms with Gasteiger partial charge in [0, 0.05) is 11.1 Å². The Kier molecular flexibility index (Phi) is 4.14. The SMILES string of the molecule is Oc1cc(C=Cc2ccccc2F)cc(O)c1C1CCCC1. The molecule has 1 fully saturated rings. The predicted octanol–water partition coefficient (Wildman–Crippen LogP) is 5.06. The molecule has 3 rings (SSSR count). The van der Waals surface area contributed by atoms with Gasteiger partial charge in [0.05, 0.1) is 0 Å². The summed E-state index contributed by atoms with van der Waals surface area (Å²) in [4.78, 5) is 0. The van der Waals surface area contributed by atoms with Crippen LogP contribution in [0, 0.1) is 5.82 Å². The molecule has 1 aliphatic carbocycles. The number of hydrogen-bond acceptors (Lipinski definition) is 2. The molecular weight excluding hydrogens is 279 g/mol. The zero-order chi connectivity index (χ0) is 15.5. The number of halogens is 1. The molecule has 22 heavy (non-hydrogen) atoms. The van der Waals surface area contributed by atoms with E-state index in [2.05, 4.69) is 0 Å². The van der Waals surface area contributed by atoms with Crippen LogP contribution < -0.4 is 0 Å². The van der Waals surface area contributed by atoms with Gasteiger partial charge < -0.3 is 10.2 Å². The van der Waals surface area contributed by atoms with Crippen molar-refractivity contribution >= 4 is 12.2 Å². The summed E-state index contributed by atoms with van der Waals surface area (Å²) in [5, 5.41) is 20.4. The van der Waals surface area contributed by atoms with E-state index >= 15 is 0 Å². The summed E-state index contributed by atoms with van der Waals surface area (Å²) in [6, 6.07) is 9.74. The van der Waals surface area contributed by atoms with Gasteiger partial charge in [0.2, 0.25) is 0 Å². The minimum atomic E-state index is -0.297. The summed E-state index contributed by atoms with van der Waals surface area (Å²) in [6.45, 7) is 0. The largest absolute Gasteiger partial charge is 0.507 e. The van der Waals surface area contributed by atoms with Crippen molar-refractivity contribution in [3.8, 4) is 11.5 Å². The van der Waals surface area contributed by atoms with Crippen LogP contribution >= 0.6 is 0 Å². The molecule has 1 aliphatic rings. The first-order valence-electron chi connectivity index (χ1n) is 7.63. The number of rotatable bonds is 3. The van der Waals surface area contributed by atoms with Crippen molar-refractivity contribution < 1.29 is 14.6 Å². The van der Waals surface area contributed by atoms with E-state index in [1.807, 2.05) is 0 Å². The smallest absolute Gasteiger partial charge is 0.130 e. The molecule has 2 aromatic rings. The summed E-state index contributed by atoms with van der Waals surface area (Å²) in [5.41, 5.74) is 1.78. The Bertz CT molecular complexity index is 677. The number of benzene rings is 2. The molecule has 0 saturated heterocycles. The maximum absolute atomic E-state index is 13.6. The highest BCUT2D eigenvalue weighted by molar-refractivity contribution is 5.72. The standard InChI is InChI=1S/C19H19FO2/c20-16-8-4-3-5-14(16)10-9-13-11-17(21)19(18(22)12-13)15-6-1-2-7-15/h3-5,8-12,15,21-22H,1-2,6-7H2. The van der Waals surface area contributed by atoms with Crippen LogP contribution in [0.15, 0.2) is 36.4 Å². The highest BCUT2D eigenvalue weighted by atomic mass is 19.1. The maximum Gasteiger partial charge on any atom is 0.130 e. The van der Waals surface area contributed by atoms with Crippen molar-refractivity contribution in [1.82, 2.24) is 0 Å². The van der Waals surface area contributed by atoms with Crippen molar-refractivity contribution in [3.05, 3.63) is 58.9 Å². The molecule has 0 unspecified atom stereocenters. The van der Waals surface area contributed by atoms with Crippen LogP contribution in [0.4, 0.5) is 4.39 Å². The van der Waals surface area contributed by atoms with Crippen molar-refractivity contribution in [2.75, 3.05) is 0 Å². The van der Waals surface area contributed by atoms with Gasteiger partial charge in [-0.3, -0.25) is 0 Å². The molecular formula is C19H19FO2. The molecule has 0 radical (unpaired) electrons. The van der Waals surface area contributed by atoms with E-state index in [1.54, 1.807) is 42.5 Å². The topological polar surface area (TPSA) is 40.5 Å². The average molecular weight is 298 g/mol. The van der Waals surface area contributed by atoms with Gasteiger partial charge >= 0.3 is 0 Å². The van der Waals surface area contributed by atoms with Gasteiger partial charge in [-0.05, 0) is 42.5 Å². The number of phenols is 2. The fourth-order valence-corrected chi connectivity index (χ4v) is 3.17. The maximum atomic E-state index is 13.6. The van der Waals surface area contributed by atoms with Crippen molar-refractivity contribution in [1.29, 1.82) is 0 Å². The van der Waals surface area contributed by atoms with Crippen molar-refractivity contribution in [2.45, 2.75) is 31.6 Å². The van der Waals surface area contributed by atoms with E-state index in [0.29, 0.717) is 16.7 Å². The van der Waals surface area contributed by atoms with E-state index in [0.717, 1.165) is 25.7 Å². The number of phenolic OH excluding ortho intramolecular Hbond substituents is 2. The van der Waals surface area contributed by atoms with E-state index in [9.17, 15) is 14.6 Å². The van der Waals surface area contributed by atoms with E-state index in [4.69, 9.17) is 0 Å². The molecule has 0 aliphatic heterocycles. The fourth-order valence-electron chi connectivity index (χ4n) is 3.17. The van der Waals surface area contributed by atoms with Crippen molar-refractivity contribution in [3.63, 3.8) is 0 Å². The molecule has 1 saturated carbocycles. The van der Waals surface area contributed by atoms with E-state index in [1.165, 1.54) is 6.07 Å². The second-order valence-electron chi connectivity index (χ2n) is 5.81. The molecule has 0 spiro atoms. The van der Waals surface area contributed by atoms with Crippen LogP contribution in [0.2, 0.25) is 0 Å². The third-order valence-electron chi connectivity index (χ3n) is 4.28. The summed E-state index contributed by atoms with van der Waals surface area (Å²) in [5.74, 6) is 0.194. The Morgan fingerprint density at radius 2 is 1.59 bits per heavy atom. The lowest BCUT2D eigenvalue weighted by atomic mass is 9.94. The Morgan fingerprint density at radius 1 is 0.955 bits per heavy atom. The molecule has 0 amide bonds. The zero-order valence-corrected chi connectivity index (χ0v) is 12.3. The predicted molar refractivity (Wildman–Crippen MR) is 86.3 cm³/mol. The molecule has 2 aromatic carbocycles. The van der Waals surface area contributed by atoms with Crippen LogP contribution in [-0.2, 0) is 0 Å². The lowest BCUT2D eigenvalue weighted by molar-refractivity contribution is 0.428. The normalized spacial score (nSPS) is 15.7. The lowest BCUT2D eigenvalue weighted by Gasteiger charge is -2.14. The molecule has 0 atom stereocenters. The molecule has 0 aromatic heterocycles. The van der Waals surface area contributed by atoms with Gasteiger partial charge in [-0.1, -0.05) is 43.2 Å². The number of hydrogen-bond donors (Lipinski definition) is 2. The van der Waals surface area contributed by atoms with Gasteiger partial charge in [0.1, 0.15) is 17.3 Å². The Labute approximate surface area is 129 Å². The van der Waals surface area contributed by atoms with Crippen LogP contribution in [-0.4, -0.2) is 10.2 Å². The average Bonchev–Trinajstić information content (AvgIpc) is 3.00. The van der Waals surface area contributed by atoms with Crippen LogP contribution in [0.5, 0.6) is 11.5 Å². The third kappa shape index (κ3) is 2.98. The first-order chi connectivity index (χ1) is 10.6. The molecule has 114 valence electrons. The zero-order valence-electron chi connectivity index (χ0n) is 12.3. The third-order valence-corrected chi connectivity index (χ3v) is 4.28. The second-order valence-corrected chi connectivity index (χ2v) is 5.81. The first-order valence-corrected chi connectivity index (χ1v) is 7.63. The minimum absolute atomic E-state index is 0.125.